The Kier molecular flexibility index (Phi) is 4.38. The molecule has 0 aliphatic carbocycles. The highest BCUT2D eigenvalue weighted by molar-refractivity contribution is 5.47. The largest absolute Gasteiger partial charge is 0.494 e. The molecule has 1 aromatic rings. The van der Waals surface area contributed by atoms with E-state index in [1.54, 1.807) is 12.1 Å². The summed E-state index contributed by atoms with van der Waals surface area (Å²) in [5.41, 5.74) is 0.741. The summed E-state index contributed by atoms with van der Waals surface area (Å²) in [7, 11) is 3.53. The zero-order valence-electron chi connectivity index (χ0n) is 10.8. The van der Waals surface area contributed by atoms with Crippen LogP contribution < -0.4 is 10.1 Å². The number of hydrogen-bond donors (Lipinski definition) is 1. The summed E-state index contributed by atoms with van der Waals surface area (Å²) in [5, 5.41) is 3.18. The van der Waals surface area contributed by atoms with Gasteiger partial charge in [-0.05, 0) is 19.2 Å². The summed E-state index contributed by atoms with van der Waals surface area (Å²) in [6.07, 6.45) is 0.147. The highest BCUT2D eigenvalue weighted by Gasteiger charge is 2.17. The predicted octanol–water partition coefficient (Wildman–Crippen LogP) is 1.58. The van der Waals surface area contributed by atoms with Gasteiger partial charge in [-0.3, -0.25) is 0 Å². The average Bonchev–Trinajstić information content (AvgIpc) is 2.37. The number of likely N-dealkylation sites (N-methyl/N-ethyl adjacent to an activating group) is 1. The van der Waals surface area contributed by atoms with E-state index < -0.39 is 0 Å². The fourth-order valence-corrected chi connectivity index (χ4v) is 2.00. The number of halogens is 1. The fraction of sp³-hybridized carbons (Fsp3) is 0.538. The minimum absolute atomic E-state index is 0.147. The van der Waals surface area contributed by atoms with Crippen LogP contribution >= 0.6 is 0 Å². The van der Waals surface area contributed by atoms with Crippen LogP contribution in [0.2, 0.25) is 0 Å². The van der Waals surface area contributed by atoms with Gasteiger partial charge in [0.1, 0.15) is 0 Å². The van der Waals surface area contributed by atoms with Crippen LogP contribution in [0.25, 0.3) is 0 Å². The quantitative estimate of drug-likeness (QED) is 0.884. The second kappa shape index (κ2) is 6.02. The van der Waals surface area contributed by atoms with Crippen LogP contribution in [0, 0.1) is 5.82 Å². The molecule has 100 valence electrons. The lowest BCUT2D eigenvalue weighted by Crippen LogP contribution is -2.43. The Balaban J connectivity index is 1.88. The number of methoxy groups -OCH3 is 1. The maximum absolute atomic E-state index is 13.5. The summed E-state index contributed by atoms with van der Waals surface area (Å²) in [6, 6.07) is 4.85. The average molecular weight is 254 g/mol. The molecule has 2 rings (SSSR count). The van der Waals surface area contributed by atoms with Crippen molar-refractivity contribution in [2.24, 2.45) is 0 Å². The lowest BCUT2D eigenvalue weighted by Gasteiger charge is -2.30. The smallest absolute Gasteiger partial charge is 0.167 e. The van der Waals surface area contributed by atoms with Crippen LogP contribution in [0.3, 0.4) is 0 Å². The molecule has 1 aliphatic rings. The van der Waals surface area contributed by atoms with E-state index in [1.165, 1.54) is 13.2 Å². The summed E-state index contributed by atoms with van der Waals surface area (Å²) < 4.78 is 24.0. The van der Waals surface area contributed by atoms with Gasteiger partial charge in [0.2, 0.25) is 0 Å². The van der Waals surface area contributed by atoms with E-state index in [-0.39, 0.29) is 17.7 Å². The Bertz CT molecular complexity index is 401. The van der Waals surface area contributed by atoms with Gasteiger partial charge in [-0.15, -0.1) is 0 Å². The molecule has 1 fully saturated rings. The van der Waals surface area contributed by atoms with Gasteiger partial charge in [-0.2, -0.15) is 0 Å². The van der Waals surface area contributed by atoms with Crippen LogP contribution in [-0.2, 0) is 4.74 Å². The Morgan fingerprint density at radius 2 is 2.39 bits per heavy atom. The van der Waals surface area contributed by atoms with Crippen molar-refractivity contribution >= 4 is 5.69 Å². The number of rotatable bonds is 4. The monoisotopic (exact) mass is 254 g/mol. The number of nitrogens with one attached hydrogen (secondary N) is 1. The molecule has 0 bridgehead atoms. The van der Waals surface area contributed by atoms with E-state index in [0.717, 1.165) is 25.4 Å². The maximum Gasteiger partial charge on any atom is 0.167 e. The number of benzene rings is 1. The number of nitrogens with zero attached hydrogens (tertiary/aromatic N) is 1. The van der Waals surface area contributed by atoms with Crippen LogP contribution in [0.4, 0.5) is 10.1 Å². The Morgan fingerprint density at radius 1 is 1.56 bits per heavy atom. The Hall–Kier alpha value is -1.33. The number of anilines is 1. The third kappa shape index (κ3) is 3.34. The summed E-state index contributed by atoms with van der Waals surface area (Å²) in [4.78, 5) is 2.23. The topological polar surface area (TPSA) is 33.7 Å². The molecule has 4 nitrogen and oxygen atoms in total. The van der Waals surface area contributed by atoms with Gasteiger partial charge >= 0.3 is 0 Å². The molecular formula is C13H19FN2O2. The third-order valence-corrected chi connectivity index (χ3v) is 3.03. The Morgan fingerprint density at radius 3 is 3.06 bits per heavy atom. The standard InChI is InChI=1S/C13H19FN2O2/c1-16-5-6-18-11(9-16)8-15-10-3-4-13(17-2)12(14)7-10/h3-4,7,11,15H,5-6,8-9H2,1-2H3. The van der Waals surface area contributed by atoms with Gasteiger partial charge < -0.3 is 19.7 Å². The lowest BCUT2D eigenvalue weighted by atomic mass is 10.2. The van der Waals surface area contributed by atoms with E-state index in [9.17, 15) is 4.39 Å². The van der Waals surface area contributed by atoms with Gasteiger partial charge in [0, 0.05) is 31.4 Å². The SMILES string of the molecule is COc1ccc(NCC2CN(C)CCO2)cc1F. The Labute approximate surface area is 107 Å². The normalized spacial score (nSPS) is 20.7. The highest BCUT2D eigenvalue weighted by atomic mass is 19.1. The van der Waals surface area contributed by atoms with Crippen molar-refractivity contribution < 1.29 is 13.9 Å². The van der Waals surface area contributed by atoms with Crippen LogP contribution in [0.15, 0.2) is 18.2 Å². The molecule has 1 atom stereocenters. The number of ether oxygens (including phenoxy) is 2. The molecule has 1 aromatic carbocycles. The van der Waals surface area contributed by atoms with Crippen LogP contribution in [0.5, 0.6) is 5.75 Å². The minimum Gasteiger partial charge on any atom is -0.494 e. The number of hydrogen-bond acceptors (Lipinski definition) is 4. The summed E-state index contributed by atoms with van der Waals surface area (Å²) >= 11 is 0. The number of morpholine rings is 1. The molecule has 1 aliphatic heterocycles. The summed E-state index contributed by atoms with van der Waals surface area (Å²) in [6.45, 7) is 3.29. The first-order chi connectivity index (χ1) is 8.69. The molecule has 0 radical (unpaired) electrons. The maximum atomic E-state index is 13.5. The second-order valence-corrected chi connectivity index (χ2v) is 4.49. The van der Waals surface area contributed by atoms with E-state index in [2.05, 4.69) is 17.3 Å². The molecule has 0 saturated carbocycles. The molecule has 5 heteroatoms. The van der Waals surface area contributed by atoms with Crippen molar-refractivity contribution in [3.8, 4) is 5.75 Å². The van der Waals surface area contributed by atoms with Crippen LogP contribution in [0.1, 0.15) is 0 Å². The van der Waals surface area contributed by atoms with E-state index in [4.69, 9.17) is 9.47 Å². The van der Waals surface area contributed by atoms with E-state index >= 15 is 0 Å². The van der Waals surface area contributed by atoms with Gasteiger partial charge in [0.25, 0.3) is 0 Å². The summed E-state index contributed by atoms with van der Waals surface area (Å²) in [5.74, 6) is -0.0987. The molecule has 1 N–H and O–H groups in total. The van der Waals surface area contributed by atoms with Crippen molar-refractivity contribution in [1.29, 1.82) is 0 Å². The molecule has 18 heavy (non-hydrogen) atoms. The first kappa shape index (κ1) is 13.1. The second-order valence-electron chi connectivity index (χ2n) is 4.49. The van der Waals surface area contributed by atoms with Crippen molar-refractivity contribution in [3.05, 3.63) is 24.0 Å². The minimum atomic E-state index is -0.357. The van der Waals surface area contributed by atoms with Crippen molar-refractivity contribution in [1.82, 2.24) is 4.90 Å². The van der Waals surface area contributed by atoms with E-state index in [1.807, 2.05) is 0 Å². The molecule has 0 amide bonds. The molecule has 0 aromatic heterocycles. The zero-order chi connectivity index (χ0) is 13.0. The molecule has 1 saturated heterocycles. The van der Waals surface area contributed by atoms with Gasteiger partial charge in [0.15, 0.2) is 11.6 Å². The van der Waals surface area contributed by atoms with Crippen molar-refractivity contribution in [2.45, 2.75) is 6.10 Å². The van der Waals surface area contributed by atoms with Gasteiger partial charge in [-0.1, -0.05) is 0 Å². The molecular weight excluding hydrogens is 235 g/mol. The van der Waals surface area contributed by atoms with Gasteiger partial charge in [-0.25, -0.2) is 4.39 Å². The fourth-order valence-electron chi connectivity index (χ4n) is 2.00. The van der Waals surface area contributed by atoms with Crippen molar-refractivity contribution in [3.63, 3.8) is 0 Å². The lowest BCUT2D eigenvalue weighted by molar-refractivity contribution is -0.0117. The van der Waals surface area contributed by atoms with Gasteiger partial charge in [0.05, 0.1) is 19.8 Å². The zero-order valence-corrected chi connectivity index (χ0v) is 10.8. The first-order valence-corrected chi connectivity index (χ1v) is 6.06. The molecule has 1 heterocycles. The van der Waals surface area contributed by atoms with Crippen molar-refractivity contribution in [2.75, 3.05) is 45.7 Å². The first-order valence-electron chi connectivity index (χ1n) is 6.06. The highest BCUT2D eigenvalue weighted by Crippen LogP contribution is 2.20. The molecule has 0 spiro atoms. The molecule has 1 unspecified atom stereocenters. The third-order valence-electron chi connectivity index (χ3n) is 3.03. The predicted molar refractivity (Wildman–Crippen MR) is 68.7 cm³/mol. The van der Waals surface area contributed by atoms with E-state index in [0.29, 0.717) is 6.54 Å². The van der Waals surface area contributed by atoms with Crippen LogP contribution in [-0.4, -0.2) is 51.4 Å².